The van der Waals surface area contributed by atoms with Crippen LogP contribution in [-0.2, 0) is 11.2 Å². The molecule has 0 unspecified atom stereocenters. The summed E-state index contributed by atoms with van der Waals surface area (Å²) in [4.78, 5) is 32.8. The minimum absolute atomic E-state index is 0.0152. The number of pyridine rings is 1. The van der Waals surface area contributed by atoms with Crippen molar-refractivity contribution in [1.29, 1.82) is 0 Å². The molecule has 5 nitrogen and oxygen atoms in total. The van der Waals surface area contributed by atoms with Gasteiger partial charge in [-0.15, -0.1) is 0 Å². The van der Waals surface area contributed by atoms with E-state index in [-0.39, 0.29) is 11.8 Å². The first-order chi connectivity index (χ1) is 12.6. The number of aromatic nitrogens is 1. The highest BCUT2D eigenvalue weighted by Gasteiger charge is 2.22. The largest absolute Gasteiger partial charge is 0.341 e. The maximum Gasteiger partial charge on any atom is 0.254 e. The Hall–Kier alpha value is -2.69. The number of nitrogens with zero attached hydrogens (tertiary/aromatic N) is 3. The van der Waals surface area contributed by atoms with Gasteiger partial charge >= 0.3 is 0 Å². The third-order valence-corrected chi connectivity index (χ3v) is 4.77. The van der Waals surface area contributed by atoms with E-state index in [0.29, 0.717) is 38.2 Å². The topological polar surface area (TPSA) is 53.5 Å². The first kappa shape index (κ1) is 18.1. The molecule has 136 valence electrons. The van der Waals surface area contributed by atoms with Gasteiger partial charge in [0.1, 0.15) is 0 Å². The highest BCUT2D eigenvalue weighted by Crippen LogP contribution is 2.12. The van der Waals surface area contributed by atoms with Crippen LogP contribution in [-0.4, -0.2) is 52.8 Å². The first-order valence-electron chi connectivity index (χ1n) is 9.16. The Bertz CT molecular complexity index is 761. The van der Waals surface area contributed by atoms with Crippen molar-refractivity contribution < 1.29 is 9.59 Å². The third-order valence-electron chi connectivity index (χ3n) is 4.77. The van der Waals surface area contributed by atoms with E-state index >= 15 is 0 Å². The monoisotopic (exact) mass is 351 g/mol. The van der Waals surface area contributed by atoms with Gasteiger partial charge in [-0.3, -0.25) is 14.6 Å². The summed E-state index contributed by atoms with van der Waals surface area (Å²) in [6.07, 6.45) is 5.35. The number of rotatable bonds is 4. The van der Waals surface area contributed by atoms with Crippen molar-refractivity contribution in [3.05, 3.63) is 65.5 Å². The second-order valence-electron chi connectivity index (χ2n) is 6.75. The Morgan fingerprint density at radius 3 is 2.50 bits per heavy atom. The number of benzene rings is 1. The summed E-state index contributed by atoms with van der Waals surface area (Å²) in [7, 11) is 0. The van der Waals surface area contributed by atoms with Gasteiger partial charge in [0.15, 0.2) is 0 Å². The van der Waals surface area contributed by atoms with Gasteiger partial charge in [-0.05, 0) is 37.5 Å². The molecule has 1 aromatic carbocycles. The lowest BCUT2D eigenvalue weighted by molar-refractivity contribution is -0.131. The molecular weight excluding hydrogens is 326 g/mol. The summed E-state index contributed by atoms with van der Waals surface area (Å²) in [6.45, 7) is 4.64. The molecule has 1 saturated heterocycles. The van der Waals surface area contributed by atoms with E-state index in [4.69, 9.17) is 0 Å². The van der Waals surface area contributed by atoms with Crippen molar-refractivity contribution in [3.63, 3.8) is 0 Å². The SMILES string of the molecule is Cc1cccc(CCC(=O)N2CCCN(C(=O)c3ccncc3)CC2)c1. The molecule has 26 heavy (non-hydrogen) atoms. The molecule has 1 aliphatic rings. The van der Waals surface area contributed by atoms with E-state index in [1.807, 2.05) is 15.9 Å². The summed E-state index contributed by atoms with van der Waals surface area (Å²) in [5, 5.41) is 0. The molecule has 2 aromatic rings. The molecule has 0 bridgehead atoms. The second-order valence-corrected chi connectivity index (χ2v) is 6.75. The fourth-order valence-corrected chi connectivity index (χ4v) is 3.32. The highest BCUT2D eigenvalue weighted by atomic mass is 16.2. The Labute approximate surface area is 154 Å². The zero-order valence-corrected chi connectivity index (χ0v) is 15.2. The molecule has 2 heterocycles. The van der Waals surface area contributed by atoms with Crippen molar-refractivity contribution >= 4 is 11.8 Å². The number of hydrogen-bond donors (Lipinski definition) is 0. The molecule has 1 fully saturated rings. The van der Waals surface area contributed by atoms with E-state index in [0.717, 1.165) is 12.8 Å². The molecular formula is C21H25N3O2. The van der Waals surface area contributed by atoms with Gasteiger partial charge in [-0.25, -0.2) is 0 Å². The molecule has 0 atom stereocenters. The molecule has 0 N–H and O–H groups in total. The maximum absolute atomic E-state index is 12.6. The van der Waals surface area contributed by atoms with Gasteiger partial charge in [-0.1, -0.05) is 29.8 Å². The molecule has 0 saturated carbocycles. The number of hydrogen-bond acceptors (Lipinski definition) is 3. The zero-order chi connectivity index (χ0) is 18.4. The van der Waals surface area contributed by atoms with Gasteiger partial charge in [0.05, 0.1) is 0 Å². The summed E-state index contributed by atoms with van der Waals surface area (Å²) >= 11 is 0. The molecule has 0 aliphatic carbocycles. The van der Waals surface area contributed by atoms with Crippen LogP contribution in [0.3, 0.4) is 0 Å². The zero-order valence-electron chi connectivity index (χ0n) is 15.2. The standard InChI is InChI=1S/C21H25N3O2/c1-17-4-2-5-18(16-17)6-7-20(25)23-12-3-13-24(15-14-23)21(26)19-8-10-22-11-9-19/h2,4-5,8-11,16H,3,6-7,12-15H2,1H3. The lowest BCUT2D eigenvalue weighted by atomic mass is 10.1. The van der Waals surface area contributed by atoms with E-state index < -0.39 is 0 Å². The normalized spacial score (nSPS) is 14.8. The van der Waals surface area contributed by atoms with Crippen LogP contribution in [0.15, 0.2) is 48.8 Å². The Morgan fingerprint density at radius 1 is 1.00 bits per heavy atom. The number of amides is 2. The molecule has 0 radical (unpaired) electrons. The smallest absolute Gasteiger partial charge is 0.254 e. The Morgan fingerprint density at radius 2 is 1.73 bits per heavy atom. The molecule has 2 amide bonds. The molecule has 3 rings (SSSR count). The Balaban J connectivity index is 1.53. The number of aryl methyl sites for hydroxylation is 2. The van der Waals surface area contributed by atoms with Gasteiger partial charge in [0.25, 0.3) is 5.91 Å². The van der Waals surface area contributed by atoms with Gasteiger partial charge < -0.3 is 9.80 Å². The highest BCUT2D eigenvalue weighted by molar-refractivity contribution is 5.94. The lowest BCUT2D eigenvalue weighted by Gasteiger charge is -2.22. The van der Waals surface area contributed by atoms with Crippen LogP contribution in [0.2, 0.25) is 0 Å². The third kappa shape index (κ3) is 4.69. The van der Waals surface area contributed by atoms with Crippen molar-refractivity contribution in [2.24, 2.45) is 0 Å². The maximum atomic E-state index is 12.6. The van der Waals surface area contributed by atoms with Crippen LogP contribution in [0.5, 0.6) is 0 Å². The fourth-order valence-electron chi connectivity index (χ4n) is 3.32. The van der Waals surface area contributed by atoms with E-state index in [2.05, 4.69) is 30.1 Å². The summed E-state index contributed by atoms with van der Waals surface area (Å²) in [5.41, 5.74) is 3.07. The van der Waals surface area contributed by atoms with Crippen molar-refractivity contribution in [2.45, 2.75) is 26.2 Å². The van der Waals surface area contributed by atoms with Crippen molar-refractivity contribution in [1.82, 2.24) is 14.8 Å². The van der Waals surface area contributed by atoms with Crippen LogP contribution < -0.4 is 0 Å². The van der Waals surface area contributed by atoms with Crippen molar-refractivity contribution in [2.75, 3.05) is 26.2 Å². The van der Waals surface area contributed by atoms with Crippen molar-refractivity contribution in [3.8, 4) is 0 Å². The quantitative estimate of drug-likeness (QED) is 0.851. The summed E-state index contributed by atoms with van der Waals surface area (Å²) in [5.74, 6) is 0.186. The predicted octanol–water partition coefficient (Wildman–Crippen LogP) is 2.70. The van der Waals surface area contributed by atoms with Crippen LogP contribution in [0, 0.1) is 6.92 Å². The van der Waals surface area contributed by atoms with Gasteiger partial charge in [0.2, 0.25) is 5.91 Å². The van der Waals surface area contributed by atoms with E-state index in [1.165, 1.54) is 11.1 Å². The fraction of sp³-hybridized carbons (Fsp3) is 0.381. The van der Waals surface area contributed by atoms with Crippen LogP contribution in [0.25, 0.3) is 0 Å². The number of carbonyl (C=O) groups is 2. The summed E-state index contributed by atoms with van der Waals surface area (Å²) < 4.78 is 0. The number of carbonyl (C=O) groups excluding carboxylic acids is 2. The van der Waals surface area contributed by atoms with Gasteiger partial charge in [0, 0.05) is 50.6 Å². The van der Waals surface area contributed by atoms with E-state index in [9.17, 15) is 9.59 Å². The lowest BCUT2D eigenvalue weighted by Crippen LogP contribution is -2.37. The predicted molar refractivity (Wildman–Crippen MR) is 101 cm³/mol. The molecule has 5 heteroatoms. The van der Waals surface area contributed by atoms with Crippen LogP contribution in [0.4, 0.5) is 0 Å². The second kappa shape index (κ2) is 8.61. The minimum atomic E-state index is 0.0152. The first-order valence-corrected chi connectivity index (χ1v) is 9.16. The summed E-state index contributed by atoms with van der Waals surface area (Å²) in [6, 6.07) is 11.8. The van der Waals surface area contributed by atoms with Crippen LogP contribution in [0.1, 0.15) is 34.3 Å². The minimum Gasteiger partial charge on any atom is -0.341 e. The average Bonchev–Trinajstić information content (AvgIpc) is 2.92. The average molecular weight is 351 g/mol. The van der Waals surface area contributed by atoms with Gasteiger partial charge in [-0.2, -0.15) is 0 Å². The van der Waals surface area contributed by atoms with E-state index in [1.54, 1.807) is 24.5 Å². The molecule has 0 spiro atoms. The molecule has 1 aliphatic heterocycles. The van der Waals surface area contributed by atoms with Crippen LogP contribution >= 0.6 is 0 Å². The molecule has 1 aromatic heterocycles. The Kier molecular flexibility index (Phi) is 6.00.